The highest BCUT2D eigenvalue weighted by atomic mass is 31.2. The summed E-state index contributed by atoms with van der Waals surface area (Å²) in [6, 6.07) is 14.6. The lowest BCUT2D eigenvalue weighted by molar-refractivity contribution is 0.181. The fourth-order valence-corrected chi connectivity index (χ4v) is 3.08. The minimum atomic E-state index is -3.59. The van der Waals surface area contributed by atoms with Crippen LogP contribution in [0.1, 0.15) is 11.1 Å². The van der Waals surface area contributed by atoms with Crippen molar-refractivity contribution in [1.29, 1.82) is 0 Å². The molecule has 5 heteroatoms. The maximum atomic E-state index is 12.4. The number of benzene rings is 2. The van der Waals surface area contributed by atoms with Crippen LogP contribution in [0.15, 0.2) is 48.5 Å². The number of phosphoric acid groups is 1. The first-order chi connectivity index (χ1) is 9.15. The molecule has 0 N–H and O–H groups in total. The Balaban J connectivity index is 1.84. The van der Waals surface area contributed by atoms with Gasteiger partial charge in [-0.25, -0.2) is 4.57 Å². The van der Waals surface area contributed by atoms with Crippen LogP contribution in [-0.2, 0) is 15.7 Å². The van der Waals surface area contributed by atoms with Gasteiger partial charge in [-0.15, -0.1) is 0 Å². The molecule has 19 heavy (non-hydrogen) atoms. The van der Waals surface area contributed by atoms with Crippen LogP contribution in [0.5, 0.6) is 11.5 Å². The van der Waals surface area contributed by atoms with Crippen LogP contribution in [0.3, 0.4) is 0 Å². The molecule has 98 valence electrons. The lowest BCUT2D eigenvalue weighted by Gasteiger charge is -2.24. The topological polar surface area (TPSA) is 44.8 Å². The molecule has 1 unspecified atom stereocenters. The number of aryl methyl sites for hydroxylation is 1. The van der Waals surface area contributed by atoms with Gasteiger partial charge in [-0.05, 0) is 30.7 Å². The molecule has 1 heterocycles. The molecule has 0 saturated carbocycles. The molecule has 3 rings (SSSR count). The van der Waals surface area contributed by atoms with Gasteiger partial charge in [-0.1, -0.05) is 30.3 Å². The SMILES string of the molecule is Cc1cccc(OP2(=O)OCc3ccccc3O2)c1. The van der Waals surface area contributed by atoms with Gasteiger partial charge in [0.2, 0.25) is 0 Å². The third-order valence-corrected chi connectivity index (χ3v) is 4.07. The van der Waals surface area contributed by atoms with E-state index in [1.807, 2.05) is 37.3 Å². The van der Waals surface area contributed by atoms with Crippen LogP contribution in [0.2, 0.25) is 0 Å². The molecule has 0 radical (unpaired) electrons. The first-order valence-corrected chi connectivity index (χ1v) is 7.39. The molecule has 0 saturated heterocycles. The van der Waals surface area contributed by atoms with E-state index in [1.54, 1.807) is 18.2 Å². The summed E-state index contributed by atoms with van der Waals surface area (Å²) >= 11 is 0. The summed E-state index contributed by atoms with van der Waals surface area (Å²) in [5.74, 6) is 1.02. The molecule has 4 nitrogen and oxygen atoms in total. The van der Waals surface area contributed by atoms with E-state index in [0.29, 0.717) is 11.5 Å². The summed E-state index contributed by atoms with van der Waals surface area (Å²) in [7, 11) is -3.59. The van der Waals surface area contributed by atoms with Crippen molar-refractivity contribution in [3.05, 3.63) is 59.7 Å². The maximum Gasteiger partial charge on any atom is 0.587 e. The smallest absolute Gasteiger partial charge is 0.395 e. The highest BCUT2D eigenvalue weighted by molar-refractivity contribution is 7.49. The number of rotatable bonds is 2. The summed E-state index contributed by atoms with van der Waals surface area (Å²) in [5, 5.41) is 0. The molecule has 2 aromatic rings. The van der Waals surface area contributed by atoms with E-state index in [0.717, 1.165) is 11.1 Å². The highest BCUT2D eigenvalue weighted by Gasteiger charge is 2.35. The van der Waals surface area contributed by atoms with E-state index in [-0.39, 0.29) is 6.61 Å². The van der Waals surface area contributed by atoms with Crippen molar-refractivity contribution >= 4 is 7.82 Å². The van der Waals surface area contributed by atoms with E-state index < -0.39 is 7.82 Å². The lowest BCUT2D eigenvalue weighted by atomic mass is 10.2. The van der Waals surface area contributed by atoms with Gasteiger partial charge in [-0.3, -0.25) is 4.52 Å². The van der Waals surface area contributed by atoms with Crippen molar-refractivity contribution in [1.82, 2.24) is 0 Å². The van der Waals surface area contributed by atoms with Crippen LogP contribution < -0.4 is 9.05 Å². The van der Waals surface area contributed by atoms with Crippen LogP contribution >= 0.6 is 7.82 Å². The summed E-state index contributed by atoms with van der Waals surface area (Å²) in [5.41, 5.74) is 1.88. The van der Waals surface area contributed by atoms with Gasteiger partial charge in [0.05, 0.1) is 6.61 Å². The zero-order valence-corrected chi connectivity index (χ0v) is 11.3. The Morgan fingerprint density at radius 3 is 2.84 bits per heavy atom. The van der Waals surface area contributed by atoms with E-state index in [1.165, 1.54) is 0 Å². The molecule has 1 aliphatic rings. The Bertz CT molecular complexity index is 653. The zero-order valence-electron chi connectivity index (χ0n) is 10.4. The van der Waals surface area contributed by atoms with Crippen molar-refractivity contribution in [2.45, 2.75) is 13.5 Å². The van der Waals surface area contributed by atoms with E-state index in [4.69, 9.17) is 13.6 Å². The first kappa shape index (κ1) is 12.3. The van der Waals surface area contributed by atoms with Gasteiger partial charge in [0.1, 0.15) is 11.5 Å². The molecule has 0 bridgehead atoms. The molecule has 1 atom stereocenters. The average molecular weight is 276 g/mol. The number of hydrogen-bond acceptors (Lipinski definition) is 4. The van der Waals surface area contributed by atoms with Gasteiger partial charge in [0, 0.05) is 5.56 Å². The lowest BCUT2D eigenvalue weighted by Crippen LogP contribution is -2.11. The molecule has 0 spiro atoms. The monoisotopic (exact) mass is 276 g/mol. The summed E-state index contributed by atoms with van der Waals surface area (Å²) in [6.45, 7) is 2.15. The van der Waals surface area contributed by atoms with Crippen LogP contribution in [0.25, 0.3) is 0 Å². The first-order valence-electron chi connectivity index (χ1n) is 5.93. The Hall–Kier alpha value is -1.77. The van der Waals surface area contributed by atoms with E-state index >= 15 is 0 Å². The Kier molecular flexibility index (Phi) is 3.05. The number of phosphoric ester groups is 1. The van der Waals surface area contributed by atoms with Gasteiger partial charge < -0.3 is 9.05 Å². The second-order valence-corrected chi connectivity index (χ2v) is 5.85. The second-order valence-electron chi connectivity index (χ2n) is 4.33. The normalized spacial score (nSPS) is 21.3. The van der Waals surface area contributed by atoms with Crippen molar-refractivity contribution in [2.75, 3.05) is 0 Å². The average Bonchev–Trinajstić information content (AvgIpc) is 2.38. The predicted octanol–water partition coefficient (Wildman–Crippen LogP) is 4.09. The summed E-state index contributed by atoms with van der Waals surface area (Å²) in [4.78, 5) is 0. The van der Waals surface area contributed by atoms with Crippen LogP contribution in [0.4, 0.5) is 0 Å². The standard InChI is InChI=1S/C14H13O4P/c1-11-5-4-7-13(9-11)17-19(15)16-10-12-6-2-3-8-14(12)18-19/h2-9H,10H2,1H3. The van der Waals surface area contributed by atoms with Crippen molar-refractivity contribution < 1.29 is 18.1 Å². The fraction of sp³-hybridized carbons (Fsp3) is 0.143. The number of hydrogen-bond donors (Lipinski definition) is 0. The minimum Gasteiger partial charge on any atom is -0.395 e. The molecule has 0 aromatic heterocycles. The zero-order chi connectivity index (χ0) is 13.3. The van der Waals surface area contributed by atoms with Crippen molar-refractivity contribution in [2.24, 2.45) is 0 Å². The molecule has 0 amide bonds. The minimum absolute atomic E-state index is 0.221. The second kappa shape index (κ2) is 4.72. The summed E-state index contributed by atoms with van der Waals surface area (Å²) < 4.78 is 28.4. The molecule has 1 aliphatic heterocycles. The fourth-order valence-electron chi connectivity index (χ4n) is 1.85. The molecule has 0 aliphatic carbocycles. The molecular weight excluding hydrogens is 263 g/mol. The number of para-hydroxylation sites is 1. The number of fused-ring (bicyclic) bond motifs is 1. The molecule has 0 fully saturated rings. The Morgan fingerprint density at radius 1 is 1.16 bits per heavy atom. The highest BCUT2D eigenvalue weighted by Crippen LogP contribution is 2.54. The third-order valence-electron chi connectivity index (χ3n) is 2.77. The van der Waals surface area contributed by atoms with Crippen molar-refractivity contribution in [3.8, 4) is 11.5 Å². The van der Waals surface area contributed by atoms with Gasteiger partial charge >= 0.3 is 7.82 Å². The predicted molar refractivity (Wildman–Crippen MR) is 71.3 cm³/mol. The van der Waals surface area contributed by atoms with Crippen LogP contribution in [0, 0.1) is 6.92 Å². The van der Waals surface area contributed by atoms with Gasteiger partial charge in [0.25, 0.3) is 0 Å². The quantitative estimate of drug-likeness (QED) is 0.775. The van der Waals surface area contributed by atoms with E-state index in [2.05, 4.69) is 0 Å². The molecular formula is C14H13O4P. The van der Waals surface area contributed by atoms with Gasteiger partial charge in [-0.2, -0.15) is 0 Å². The largest absolute Gasteiger partial charge is 0.587 e. The third kappa shape index (κ3) is 2.65. The van der Waals surface area contributed by atoms with Crippen molar-refractivity contribution in [3.63, 3.8) is 0 Å². The Morgan fingerprint density at radius 2 is 2.00 bits per heavy atom. The van der Waals surface area contributed by atoms with Gasteiger partial charge in [0.15, 0.2) is 0 Å². The maximum absolute atomic E-state index is 12.4. The molecule has 2 aromatic carbocycles. The summed E-state index contributed by atoms with van der Waals surface area (Å²) in [6.07, 6.45) is 0. The van der Waals surface area contributed by atoms with E-state index in [9.17, 15) is 4.57 Å². The Labute approximate surface area is 111 Å². The van der Waals surface area contributed by atoms with Crippen LogP contribution in [-0.4, -0.2) is 0 Å².